The molecule has 2 aromatic rings. The average Bonchev–Trinajstić information content (AvgIpc) is 3.10. The van der Waals surface area contributed by atoms with Gasteiger partial charge in [-0.15, -0.1) is 0 Å². The van der Waals surface area contributed by atoms with E-state index in [0.29, 0.717) is 38.2 Å². The summed E-state index contributed by atoms with van der Waals surface area (Å²) in [6.07, 6.45) is 4.70. The van der Waals surface area contributed by atoms with Crippen LogP contribution in [0.4, 0.5) is 0 Å². The summed E-state index contributed by atoms with van der Waals surface area (Å²) in [5, 5.41) is 0. The molecule has 24 heavy (non-hydrogen) atoms. The Morgan fingerprint density at radius 2 is 1.88 bits per heavy atom. The van der Waals surface area contributed by atoms with Gasteiger partial charge in [0, 0.05) is 50.0 Å². The van der Waals surface area contributed by atoms with Crippen LogP contribution >= 0.6 is 0 Å². The molecule has 2 N–H and O–H groups in total. The van der Waals surface area contributed by atoms with Crippen molar-refractivity contribution < 1.29 is 9.59 Å². The topological polar surface area (TPSA) is 72.2 Å². The van der Waals surface area contributed by atoms with E-state index in [2.05, 4.69) is 9.97 Å². The predicted octanol–water partition coefficient (Wildman–Crippen LogP) is 1.88. The molecule has 1 saturated heterocycles. The Balaban J connectivity index is 1.60. The maximum Gasteiger partial charge on any atom is 0.255 e. The van der Waals surface area contributed by atoms with Crippen LogP contribution in [-0.2, 0) is 11.2 Å². The lowest BCUT2D eigenvalue weighted by atomic mass is 10.1. The van der Waals surface area contributed by atoms with Crippen molar-refractivity contribution in [2.24, 2.45) is 0 Å². The van der Waals surface area contributed by atoms with Crippen LogP contribution in [0.15, 0.2) is 24.5 Å². The Kier molecular flexibility index (Phi) is 4.74. The van der Waals surface area contributed by atoms with Crippen molar-refractivity contribution in [1.82, 2.24) is 19.8 Å². The molecule has 0 unspecified atom stereocenters. The molecule has 128 valence electrons. The minimum Gasteiger partial charge on any atom is -0.367 e. The first-order valence-corrected chi connectivity index (χ1v) is 8.39. The van der Waals surface area contributed by atoms with Crippen LogP contribution in [-0.4, -0.2) is 57.8 Å². The van der Waals surface area contributed by atoms with Gasteiger partial charge < -0.3 is 19.8 Å². The second kappa shape index (κ2) is 6.95. The molecule has 0 aromatic carbocycles. The number of nitrogens with one attached hydrogen (secondary N) is 2. The highest BCUT2D eigenvalue weighted by atomic mass is 16.2. The third-order valence-electron chi connectivity index (χ3n) is 4.58. The number of hydrogen-bond acceptors (Lipinski definition) is 2. The predicted molar refractivity (Wildman–Crippen MR) is 91.9 cm³/mol. The van der Waals surface area contributed by atoms with Crippen LogP contribution in [0.5, 0.6) is 0 Å². The molecule has 3 heterocycles. The van der Waals surface area contributed by atoms with E-state index in [1.807, 2.05) is 29.7 Å². The standard InChI is InChI=1S/C18H24N4O2/c1-13-10-16(14(2)20-13)11-17(23)21-6-3-7-22(9-8-21)18(24)15-4-5-19-12-15/h4-5,10,12,19-20H,3,6-9,11H2,1-2H3. The van der Waals surface area contributed by atoms with Crippen LogP contribution in [0.1, 0.15) is 33.7 Å². The van der Waals surface area contributed by atoms with Crippen molar-refractivity contribution in [3.63, 3.8) is 0 Å². The summed E-state index contributed by atoms with van der Waals surface area (Å²) >= 11 is 0. The van der Waals surface area contributed by atoms with E-state index in [1.54, 1.807) is 18.5 Å². The quantitative estimate of drug-likeness (QED) is 0.903. The van der Waals surface area contributed by atoms with E-state index in [4.69, 9.17) is 0 Å². The minimum atomic E-state index is 0.0302. The molecule has 2 aromatic heterocycles. The van der Waals surface area contributed by atoms with Crippen molar-refractivity contribution in [1.29, 1.82) is 0 Å². The number of carbonyl (C=O) groups is 2. The molecule has 0 aliphatic carbocycles. The van der Waals surface area contributed by atoms with Crippen LogP contribution in [0.3, 0.4) is 0 Å². The fourth-order valence-corrected chi connectivity index (χ4v) is 3.25. The number of nitrogens with zero attached hydrogens (tertiary/aromatic N) is 2. The molecule has 1 fully saturated rings. The summed E-state index contributed by atoms with van der Waals surface area (Å²) in [7, 11) is 0. The molecule has 2 amide bonds. The number of rotatable bonds is 3. The first-order chi connectivity index (χ1) is 11.5. The highest BCUT2D eigenvalue weighted by molar-refractivity contribution is 5.94. The molecular formula is C18H24N4O2. The summed E-state index contributed by atoms with van der Waals surface area (Å²) in [4.78, 5) is 34.9. The zero-order valence-electron chi connectivity index (χ0n) is 14.3. The van der Waals surface area contributed by atoms with Gasteiger partial charge >= 0.3 is 0 Å². The van der Waals surface area contributed by atoms with Gasteiger partial charge in [0.15, 0.2) is 0 Å². The van der Waals surface area contributed by atoms with Crippen molar-refractivity contribution in [3.05, 3.63) is 47.0 Å². The number of aryl methyl sites for hydroxylation is 2. The number of hydrogen-bond donors (Lipinski definition) is 2. The molecule has 0 spiro atoms. The van der Waals surface area contributed by atoms with Crippen LogP contribution in [0, 0.1) is 13.8 Å². The third kappa shape index (κ3) is 3.53. The molecule has 0 saturated carbocycles. The normalized spacial score (nSPS) is 15.4. The zero-order chi connectivity index (χ0) is 17.1. The fraction of sp³-hybridized carbons (Fsp3) is 0.444. The van der Waals surface area contributed by atoms with E-state index in [0.717, 1.165) is 23.4 Å². The molecule has 0 radical (unpaired) electrons. The SMILES string of the molecule is Cc1cc(CC(=O)N2CCCN(C(=O)c3cc[nH]c3)CC2)c(C)[nH]1. The van der Waals surface area contributed by atoms with E-state index >= 15 is 0 Å². The molecule has 1 aliphatic rings. The summed E-state index contributed by atoms with van der Waals surface area (Å²) < 4.78 is 0. The number of carbonyl (C=O) groups excluding carboxylic acids is 2. The first kappa shape index (κ1) is 16.4. The fourth-order valence-electron chi connectivity index (χ4n) is 3.25. The lowest BCUT2D eigenvalue weighted by molar-refractivity contribution is -0.130. The van der Waals surface area contributed by atoms with E-state index in [1.165, 1.54) is 0 Å². The summed E-state index contributed by atoms with van der Waals surface area (Å²) in [5.74, 6) is 0.163. The molecule has 1 aliphatic heterocycles. The van der Waals surface area contributed by atoms with E-state index < -0.39 is 0 Å². The summed E-state index contributed by atoms with van der Waals surface area (Å²) in [6, 6.07) is 3.82. The maximum atomic E-state index is 12.6. The first-order valence-electron chi connectivity index (χ1n) is 8.39. The Labute approximate surface area is 141 Å². The maximum absolute atomic E-state index is 12.6. The van der Waals surface area contributed by atoms with Gasteiger partial charge in [0.05, 0.1) is 12.0 Å². The number of aromatic amines is 2. The molecular weight excluding hydrogens is 304 g/mol. The second-order valence-electron chi connectivity index (χ2n) is 6.41. The van der Waals surface area contributed by atoms with Crippen LogP contribution in [0.25, 0.3) is 0 Å². The molecule has 0 atom stereocenters. The highest BCUT2D eigenvalue weighted by Crippen LogP contribution is 2.14. The zero-order valence-corrected chi connectivity index (χ0v) is 14.3. The molecule has 3 rings (SSSR count). The number of H-pyrrole nitrogens is 2. The largest absolute Gasteiger partial charge is 0.367 e. The van der Waals surface area contributed by atoms with E-state index in [9.17, 15) is 9.59 Å². The van der Waals surface area contributed by atoms with Gasteiger partial charge in [0.2, 0.25) is 5.91 Å². The van der Waals surface area contributed by atoms with Crippen molar-refractivity contribution in [2.45, 2.75) is 26.7 Å². The Bertz CT molecular complexity index is 717. The molecule has 6 heteroatoms. The van der Waals surface area contributed by atoms with Gasteiger partial charge in [0.1, 0.15) is 0 Å². The minimum absolute atomic E-state index is 0.0302. The Hall–Kier alpha value is -2.50. The van der Waals surface area contributed by atoms with Crippen molar-refractivity contribution in [3.8, 4) is 0 Å². The lowest BCUT2D eigenvalue weighted by Gasteiger charge is -2.22. The summed E-state index contributed by atoms with van der Waals surface area (Å²) in [6.45, 7) is 6.57. The Morgan fingerprint density at radius 1 is 1.12 bits per heavy atom. The highest BCUT2D eigenvalue weighted by Gasteiger charge is 2.23. The van der Waals surface area contributed by atoms with E-state index in [-0.39, 0.29) is 11.8 Å². The van der Waals surface area contributed by atoms with Crippen LogP contribution < -0.4 is 0 Å². The van der Waals surface area contributed by atoms with Gasteiger partial charge in [-0.3, -0.25) is 9.59 Å². The third-order valence-corrected chi connectivity index (χ3v) is 4.58. The van der Waals surface area contributed by atoms with Gasteiger partial charge in [-0.1, -0.05) is 0 Å². The number of aromatic nitrogens is 2. The monoisotopic (exact) mass is 328 g/mol. The van der Waals surface area contributed by atoms with Gasteiger partial charge in [-0.05, 0) is 38.0 Å². The van der Waals surface area contributed by atoms with Crippen LogP contribution in [0.2, 0.25) is 0 Å². The lowest BCUT2D eigenvalue weighted by Crippen LogP contribution is -2.37. The van der Waals surface area contributed by atoms with Gasteiger partial charge in [-0.25, -0.2) is 0 Å². The molecule has 0 bridgehead atoms. The Morgan fingerprint density at radius 3 is 2.54 bits per heavy atom. The smallest absolute Gasteiger partial charge is 0.255 e. The molecule has 6 nitrogen and oxygen atoms in total. The van der Waals surface area contributed by atoms with Gasteiger partial charge in [0.25, 0.3) is 5.91 Å². The van der Waals surface area contributed by atoms with Crippen molar-refractivity contribution >= 4 is 11.8 Å². The average molecular weight is 328 g/mol. The second-order valence-corrected chi connectivity index (χ2v) is 6.41. The summed E-state index contributed by atoms with van der Waals surface area (Å²) in [5.41, 5.74) is 3.87. The van der Waals surface area contributed by atoms with Crippen molar-refractivity contribution in [2.75, 3.05) is 26.2 Å². The van der Waals surface area contributed by atoms with Gasteiger partial charge in [-0.2, -0.15) is 0 Å². The number of amides is 2.